The van der Waals surface area contributed by atoms with Gasteiger partial charge in [0.25, 0.3) is 0 Å². The number of ether oxygens (including phenoxy) is 2. The summed E-state index contributed by atoms with van der Waals surface area (Å²) in [7, 11) is 2.76. The van der Waals surface area contributed by atoms with Gasteiger partial charge in [0.2, 0.25) is 0 Å². The highest BCUT2D eigenvalue weighted by Gasteiger charge is 2.16. The summed E-state index contributed by atoms with van der Waals surface area (Å²) in [4.78, 5) is 22.4. The number of hydrogen-bond acceptors (Lipinski definition) is 4. The van der Waals surface area contributed by atoms with Crippen LogP contribution < -0.4 is 10.1 Å². The van der Waals surface area contributed by atoms with E-state index in [0.717, 1.165) is 28.0 Å². The fraction of sp³-hybridized carbons (Fsp3) is 0.429. The van der Waals surface area contributed by atoms with Crippen molar-refractivity contribution in [2.45, 2.75) is 27.3 Å². The molecular formula is C14H19NO4. The fourth-order valence-corrected chi connectivity index (χ4v) is 1.93. The van der Waals surface area contributed by atoms with E-state index < -0.39 is 11.9 Å². The number of esters is 1. The van der Waals surface area contributed by atoms with Gasteiger partial charge in [-0.3, -0.25) is 4.79 Å². The molecule has 0 unspecified atom stereocenters. The minimum absolute atomic E-state index is 0.226. The van der Waals surface area contributed by atoms with Crippen LogP contribution in [0.3, 0.4) is 0 Å². The van der Waals surface area contributed by atoms with Crippen LogP contribution in [0.2, 0.25) is 0 Å². The third-order valence-corrected chi connectivity index (χ3v) is 3.12. The molecule has 1 aromatic rings. The molecule has 5 nitrogen and oxygen atoms in total. The molecule has 0 fully saturated rings. The highest BCUT2D eigenvalue weighted by molar-refractivity contribution is 6.32. The number of hydrogen-bond donors (Lipinski definition) is 1. The van der Waals surface area contributed by atoms with Crippen molar-refractivity contribution in [3.63, 3.8) is 0 Å². The summed E-state index contributed by atoms with van der Waals surface area (Å²) < 4.78 is 9.74. The van der Waals surface area contributed by atoms with Crippen LogP contribution in [0.1, 0.15) is 22.3 Å². The first kappa shape index (κ1) is 15.0. The van der Waals surface area contributed by atoms with E-state index in [-0.39, 0.29) is 6.54 Å². The first-order valence-electron chi connectivity index (χ1n) is 5.92. The molecule has 1 amide bonds. The van der Waals surface area contributed by atoms with Gasteiger partial charge in [-0.05, 0) is 37.5 Å². The van der Waals surface area contributed by atoms with E-state index in [1.54, 1.807) is 7.11 Å². The Balaban J connectivity index is 2.98. The van der Waals surface area contributed by atoms with E-state index >= 15 is 0 Å². The van der Waals surface area contributed by atoms with Gasteiger partial charge in [0.1, 0.15) is 5.75 Å². The number of rotatable bonds is 3. The third kappa shape index (κ3) is 3.24. The van der Waals surface area contributed by atoms with Crippen LogP contribution >= 0.6 is 0 Å². The molecule has 1 rings (SSSR count). The van der Waals surface area contributed by atoms with Gasteiger partial charge in [0, 0.05) is 12.1 Å². The highest BCUT2D eigenvalue weighted by Crippen LogP contribution is 2.29. The Morgan fingerprint density at radius 3 is 2.32 bits per heavy atom. The molecule has 19 heavy (non-hydrogen) atoms. The smallest absolute Gasteiger partial charge is 0.396 e. The van der Waals surface area contributed by atoms with E-state index in [9.17, 15) is 9.59 Å². The number of carbonyl (C=O) groups excluding carboxylic acids is 2. The van der Waals surface area contributed by atoms with Crippen molar-refractivity contribution >= 4 is 11.9 Å². The Kier molecular flexibility index (Phi) is 4.92. The van der Waals surface area contributed by atoms with Crippen LogP contribution in [0.4, 0.5) is 0 Å². The van der Waals surface area contributed by atoms with Crippen molar-refractivity contribution in [2.75, 3.05) is 14.2 Å². The lowest BCUT2D eigenvalue weighted by Gasteiger charge is -2.16. The molecular weight excluding hydrogens is 246 g/mol. The van der Waals surface area contributed by atoms with Crippen molar-refractivity contribution < 1.29 is 19.1 Å². The second-order valence-corrected chi connectivity index (χ2v) is 4.32. The molecule has 104 valence electrons. The van der Waals surface area contributed by atoms with E-state index in [0.29, 0.717) is 0 Å². The lowest BCUT2D eigenvalue weighted by molar-refractivity contribution is -0.152. The van der Waals surface area contributed by atoms with Crippen LogP contribution in [-0.2, 0) is 20.9 Å². The number of amides is 1. The quantitative estimate of drug-likeness (QED) is 0.663. The lowest BCUT2D eigenvalue weighted by Crippen LogP contribution is -2.31. The average molecular weight is 265 g/mol. The van der Waals surface area contributed by atoms with Gasteiger partial charge in [-0.2, -0.15) is 0 Å². The minimum Gasteiger partial charge on any atom is -0.496 e. The standard InChI is InChI=1S/C14H19NO4/c1-8-6-9(2)11(12(18-4)10(8)3)7-15-13(16)14(17)19-5/h6H,7H2,1-5H3,(H,15,16). The molecule has 1 N–H and O–H groups in total. The summed E-state index contributed by atoms with van der Waals surface area (Å²) in [5.74, 6) is -0.926. The SMILES string of the molecule is COC(=O)C(=O)NCc1c(C)cc(C)c(C)c1OC. The van der Waals surface area contributed by atoms with Crippen molar-refractivity contribution in [2.24, 2.45) is 0 Å². The lowest BCUT2D eigenvalue weighted by atomic mass is 9.99. The normalized spacial score (nSPS) is 9.95. The van der Waals surface area contributed by atoms with Gasteiger partial charge >= 0.3 is 11.9 Å². The molecule has 1 aromatic carbocycles. The Morgan fingerprint density at radius 2 is 1.79 bits per heavy atom. The predicted molar refractivity (Wildman–Crippen MR) is 71.1 cm³/mol. The Labute approximate surface area is 112 Å². The van der Waals surface area contributed by atoms with Gasteiger partial charge in [-0.25, -0.2) is 4.79 Å². The number of benzene rings is 1. The van der Waals surface area contributed by atoms with Crippen LogP contribution in [0.15, 0.2) is 6.07 Å². The monoisotopic (exact) mass is 265 g/mol. The molecule has 0 atom stereocenters. The molecule has 0 aliphatic carbocycles. The first-order chi connectivity index (χ1) is 8.92. The Hall–Kier alpha value is -2.04. The number of methoxy groups -OCH3 is 2. The maximum Gasteiger partial charge on any atom is 0.396 e. The number of aryl methyl sites for hydroxylation is 2. The molecule has 0 aromatic heterocycles. The fourth-order valence-electron chi connectivity index (χ4n) is 1.93. The molecule has 0 heterocycles. The maximum absolute atomic E-state index is 11.4. The molecule has 0 saturated carbocycles. The van der Waals surface area contributed by atoms with E-state index in [1.165, 1.54) is 7.11 Å². The third-order valence-electron chi connectivity index (χ3n) is 3.12. The molecule has 0 aliphatic rings. The Bertz CT molecular complexity index is 509. The van der Waals surface area contributed by atoms with E-state index in [4.69, 9.17) is 4.74 Å². The topological polar surface area (TPSA) is 64.6 Å². The van der Waals surface area contributed by atoms with E-state index in [1.807, 2.05) is 26.8 Å². The largest absolute Gasteiger partial charge is 0.496 e. The predicted octanol–water partition coefficient (Wildman–Crippen LogP) is 1.41. The number of carbonyl (C=O) groups is 2. The Morgan fingerprint density at radius 1 is 1.16 bits per heavy atom. The zero-order valence-corrected chi connectivity index (χ0v) is 11.9. The minimum atomic E-state index is -0.902. The summed E-state index contributed by atoms with van der Waals surface area (Å²) in [5.41, 5.74) is 4.01. The summed E-state index contributed by atoms with van der Waals surface area (Å²) in [5, 5.41) is 2.52. The molecule has 0 aliphatic heterocycles. The van der Waals surface area contributed by atoms with Gasteiger partial charge in [0.05, 0.1) is 14.2 Å². The molecule has 5 heteroatoms. The summed E-state index contributed by atoms with van der Waals surface area (Å²) >= 11 is 0. The molecule has 0 spiro atoms. The summed E-state index contributed by atoms with van der Waals surface area (Å²) in [6, 6.07) is 2.03. The second kappa shape index (κ2) is 6.22. The zero-order valence-electron chi connectivity index (χ0n) is 11.9. The average Bonchev–Trinajstić information content (AvgIpc) is 2.39. The molecule has 0 bridgehead atoms. The van der Waals surface area contributed by atoms with Gasteiger partial charge in [-0.1, -0.05) is 6.07 Å². The van der Waals surface area contributed by atoms with Crippen molar-refractivity contribution in [3.05, 3.63) is 28.3 Å². The molecule has 0 saturated heterocycles. The summed E-state index contributed by atoms with van der Waals surface area (Å²) in [6.07, 6.45) is 0. The maximum atomic E-state index is 11.4. The van der Waals surface area contributed by atoms with Gasteiger partial charge in [0.15, 0.2) is 0 Å². The van der Waals surface area contributed by atoms with Crippen LogP contribution in [0.25, 0.3) is 0 Å². The van der Waals surface area contributed by atoms with Crippen LogP contribution in [-0.4, -0.2) is 26.1 Å². The zero-order chi connectivity index (χ0) is 14.6. The van der Waals surface area contributed by atoms with Crippen molar-refractivity contribution in [3.8, 4) is 5.75 Å². The van der Waals surface area contributed by atoms with Crippen molar-refractivity contribution in [1.29, 1.82) is 0 Å². The summed E-state index contributed by atoms with van der Waals surface area (Å²) in [6.45, 7) is 6.12. The van der Waals surface area contributed by atoms with Crippen molar-refractivity contribution in [1.82, 2.24) is 5.32 Å². The highest BCUT2D eigenvalue weighted by atomic mass is 16.5. The second-order valence-electron chi connectivity index (χ2n) is 4.32. The first-order valence-corrected chi connectivity index (χ1v) is 5.92. The van der Waals surface area contributed by atoms with Gasteiger partial charge < -0.3 is 14.8 Å². The molecule has 0 radical (unpaired) electrons. The van der Waals surface area contributed by atoms with Gasteiger partial charge in [-0.15, -0.1) is 0 Å². The van der Waals surface area contributed by atoms with Crippen LogP contribution in [0.5, 0.6) is 5.75 Å². The number of nitrogens with one attached hydrogen (secondary N) is 1. The van der Waals surface area contributed by atoms with E-state index in [2.05, 4.69) is 10.1 Å². The van der Waals surface area contributed by atoms with Crippen LogP contribution in [0, 0.1) is 20.8 Å².